The van der Waals surface area contributed by atoms with E-state index in [9.17, 15) is 8.78 Å². The first-order valence-corrected chi connectivity index (χ1v) is 2.52. The minimum atomic E-state index is -1.56. The van der Waals surface area contributed by atoms with E-state index in [4.69, 9.17) is 0 Å². The van der Waals surface area contributed by atoms with E-state index in [1.54, 1.807) is 0 Å². The number of hydrogen-bond acceptors (Lipinski definition) is 1. The van der Waals surface area contributed by atoms with Crippen molar-refractivity contribution >= 4 is 0 Å². The highest BCUT2D eigenvalue weighted by molar-refractivity contribution is 4.94. The van der Waals surface area contributed by atoms with E-state index in [2.05, 4.69) is 5.32 Å². The Morgan fingerprint density at radius 1 is 1.50 bits per heavy atom. The largest absolute Gasteiger partial charge is 0.315 e. The lowest BCUT2D eigenvalue weighted by Gasteiger charge is -2.22. The highest BCUT2D eigenvalue weighted by Gasteiger charge is 2.14. The molecule has 0 atom stereocenters. The van der Waals surface area contributed by atoms with Gasteiger partial charge >= 0.3 is 0 Å². The van der Waals surface area contributed by atoms with E-state index >= 15 is 0 Å². The average Bonchev–Trinajstić information content (AvgIpc) is 1.55. The van der Waals surface area contributed by atoms with Crippen molar-refractivity contribution in [2.45, 2.75) is 0 Å². The lowest BCUT2D eigenvalue weighted by molar-refractivity contribution is 0.370. The minimum absolute atomic E-state index is 0.0833. The molecule has 3 heteroatoms. The van der Waals surface area contributed by atoms with Crippen molar-refractivity contribution in [3.05, 3.63) is 12.2 Å². The Balaban J connectivity index is 2.27. The van der Waals surface area contributed by atoms with Gasteiger partial charge in [-0.25, -0.2) is 0 Å². The second-order valence-corrected chi connectivity index (χ2v) is 1.87. The Morgan fingerprint density at radius 3 is 2.25 bits per heavy atom. The Kier molecular flexibility index (Phi) is 1.58. The molecule has 0 aromatic heterocycles. The van der Waals surface area contributed by atoms with Crippen LogP contribution in [0.25, 0.3) is 0 Å². The van der Waals surface area contributed by atoms with Gasteiger partial charge in [0.2, 0.25) is 0 Å². The molecule has 1 N–H and O–H groups in total. The zero-order chi connectivity index (χ0) is 5.98. The summed E-state index contributed by atoms with van der Waals surface area (Å²) < 4.78 is 22.7. The molecule has 1 aliphatic heterocycles. The maximum absolute atomic E-state index is 11.3. The third kappa shape index (κ3) is 1.26. The van der Waals surface area contributed by atoms with Crippen LogP contribution in [0.4, 0.5) is 8.78 Å². The number of halogens is 2. The molecule has 0 bridgehead atoms. The average molecular weight is 119 g/mol. The molecule has 46 valence electrons. The highest BCUT2D eigenvalue weighted by atomic mass is 19.3. The Morgan fingerprint density at radius 2 is 2.12 bits per heavy atom. The van der Waals surface area contributed by atoms with Gasteiger partial charge in [-0.15, -0.1) is 0 Å². The summed E-state index contributed by atoms with van der Waals surface area (Å²) in [6.45, 7) is 1.41. The third-order valence-corrected chi connectivity index (χ3v) is 1.17. The van der Waals surface area contributed by atoms with Gasteiger partial charge in [0.15, 0.2) is 0 Å². The first-order chi connectivity index (χ1) is 3.79. The zero-order valence-electron chi connectivity index (χ0n) is 4.32. The van der Waals surface area contributed by atoms with Gasteiger partial charge in [0, 0.05) is 19.0 Å². The molecule has 0 aromatic rings. The van der Waals surface area contributed by atoms with Gasteiger partial charge in [-0.1, -0.05) is 0 Å². The van der Waals surface area contributed by atoms with Crippen LogP contribution in [-0.2, 0) is 0 Å². The van der Waals surface area contributed by atoms with Crippen LogP contribution in [-0.4, -0.2) is 13.1 Å². The van der Waals surface area contributed by atoms with E-state index in [-0.39, 0.29) is 5.92 Å². The summed E-state index contributed by atoms with van der Waals surface area (Å²) in [6, 6.07) is 0. The first-order valence-electron chi connectivity index (χ1n) is 2.52. The Bertz CT molecular complexity index is 103. The summed E-state index contributed by atoms with van der Waals surface area (Å²) in [7, 11) is 0. The predicted octanol–water partition coefficient (Wildman–Crippen LogP) is 0.986. The second kappa shape index (κ2) is 2.22. The summed E-state index contributed by atoms with van der Waals surface area (Å²) in [5, 5.41) is 2.89. The fraction of sp³-hybridized carbons (Fsp3) is 0.600. The molecule has 0 amide bonds. The molecule has 0 saturated carbocycles. The summed E-state index contributed by atoms with van der Waals surface area (Å²) >= 11 is 0. The van der Waals surface area contributed by atoms with Crippen molar-refractivity contribution in [1.82, 2.24) is 5.32 Å². The predicted molar refractivity (Wildman–Crippen MR) is 26.7 cm³/mol. The SMILES string of the molecule is FC(F)=CC1CNC1. The van der Waals surface area contributed by atoms with Crippen molar-refractivity contribution in [3.8, 4) is 0 Å². The summed E-state index contributed by atoms with van der Waals surface area (Å²) in [6.07, 6.45) is -0.562. The quantitative estimate of drug-likeness (QED) is 0.542. The van der Waals surface area contributed by atoms with Gasteiger partial charge in [-0.2, -0.15) is 8.78 Å². The molecule has 1 saturated heterocycles. The number of rotatable bonds is 1. The van der Waals surface area contributed by atoms with Gasteiger partial charge in [0.25, 0.3) is 6.08 Å². The highest BCUT2D eigenvalue weighted by Crippen LogP contribution is 2.09. The van der Waals surface area contributed by atoms with Crippen LogP contribution in [0.3, 0.4) is 0 Å². The lowest BCUT2D eigenvalue weighted by atomic mass is 10.0. The molecule has 1 aliphatic rings. The summed E-state index contributed by atoms with van der Waals surface area (Å²) in [4.78, 5) is 0. The molecule has 0 aromatic carbocycles. The van der Waals surface area contributed by atoms with Gasteiger partial charge in [-0.3, -0.25) is 0 Å². The topological polar surface area (TPSA) is 12.0 Å². The number of nitrogens with one attached hydrogen (secondary N) is 1. The van der Waals surface area contributed by atoms with Gasteiger partial charge in [-0.05, 0) is 6.08 Å². The molecule has 1 fully saturated rings. The molecular weight excluding hydrogens is 112 g/mol. The van der Waals surface area contributed by atoms with Crippen molar-refractivity contribution in [2.24, 2.45) is 5.92 Å². The fourth-order valence-electron chi connectivity index (χ4n) is 0.607. The normalized spacial score (nSPS) is 19.8. The zero-order valence-corrected chi connectivity index (χ0v) is 4.32. The van der Waals surface area contributed by atoms with E-state index in [1.165, 1.54) is 0 Å². The van der Waals surface area contributed by atoms with Crippen LogP contribution in [0.5, 0.6) is 0 Å². The van der Waals surface area contributed by atoms with E-state index in [0.29, 0.717) is 13.1 Å². The standard InChI is InChI=1S/C5H7F2N/c6-5(7)1-4-2-8-3-4/h1,4,8H,2-3H2. The molecule has 0 aliphatic carbocycles. The molecular formula is C5H7F2N. The molecule has 0 radical (unpaired) electrons. The van der Waals surface area contributed by atoms with Crippen molar-refractivity contribution in [2.75, 3.05) is 13.1 Å². The molecule has 1 rings (SSSR count). The first kappa shape index (κ1) is 5.69. The van der Waals surface area contributed by atoms with E-state index in [0.717, 1.165) is 6.08 Å². The van der Waals surface area contributed by atoms with Crippen LogP contribution in [0, 0.1) is 5.92 Å². The minimum Gasteiger partial charge on any atom is -0.315 e. The Labute approximate surface area is 46.4 Å². The van der Waals surface area contributed by atoms with Crippen LogP contribution in [0.2, 0.25) is 0 Å². The molecule has 1 nitrogen and oxygen atoms in total. The van der Waals surface area contributed by atoms with Gasteiger partial charge in [0.05, 0.1) is 0 Å². The van der Waals surface area contributed by atoms with E-state index < -0.39 is 6.08 Å². The summed E-state index contributed by atoms with van der Waals surface area (Å²) in [5.41, 5.74) is 0. The summed E-state index contributed by atoms with van der Waals surface area (Å²) in [5.74, 6) is 0.0833. The van der Waals surface area contributed by atoms with Crippen molar-refractivity contribution < 1.29 is 8.78 Å². The van der Waals surface area contributed by atoms with Crippen molar-refractivity contribution in [3.63, 3.8) is 0 Å². The van der Waals surface area contributed by atoms with Crippen LogP contribution in [0.1, 0.15) is 0 Å². The molecule has 0 unspecified atom stereocenters. The van der Waals surface area contributed by atoms with Crippen LogP contribution >= 0.6 is 0 Å². The van der Waals surface area contributed by atoms with Gasteiger partial charge in [0.1, 0.15) is 0 Å². The molecule has 8 heavy (non-hydrogen) atoms. The maximum atomic E-state index is 11.3. The molecule has 1 heterocycles. The van der Waals surface area contributed by atoms with Crippen LogP contribution < -0.4 is 5.32 Å². The second-order valence-electron chi connectivity index (χ2n) is 1.87. The van der Waals surface area contributed by atoms with E-state index in [1.807, 2.05) is 0 Å². The lowest BCUT2D eigenvalue weighted by Crippen LogP contribution is -2.40. The Hall–Kier alpha value is -0.440. The third-order valence-electron chi connectivity index (χ3n) is 1.17. The monoisotopic (exact) mass is 119 g/mol. The molecule has 0 spiro atoms. The van der Waals surface area contributed by atoms with Crippen LogP contribution in [0.15, 0.2) is 12.2 Å². The maximum Gasteiger partial charge on any atom is 0.266 e. The van der Waals surface area contributed by atoms with Gasteiger partial charge < -0.3 is 5.32 Å². The van der Waals surface area contributed by atoms with Crippen molar-refractivity contribution in [1.29, 1.82) is 0 Å². The fourth-order valence-corrected chi connectivity index (χ4v) is 0.607. The smallest absolute Gasteiger partial charge is 0.266 e. The number of hydrogen-bond donors (Lipinski definition) is 1.